The minimum Gasteiger partial charge on any atom is -0.313 e. The Hall–Kier alpha value is -3.06. The third-order valence-electron chi connectivity index (χ3n) is 5.30. The SMILES string of the molecule is Cc1cccc(-c2cccc(-n3c4c(c5ccccc53)C=CCC4)c2)c1. The van der Waals surface area contributed by atoms with Crippen LogP contribution in [0.3, 0.4) is 0 Å². The lowest BCUT2D eigenvalue weighted by Gasteiger charge is -2.14. The van der Waals surface area contributed by atoms with E-state index in [-0.39, 0.29) is 0 Å². The summed E-state index contributed by atoms with van der Waals surface area (Å²) in [6.07, 6.45) is 6.79. The third-order valence-corrected chi connectivity index (χ3v) is 5.30. The summed E-state index contributed by atoms with van der Waals surface area (Å²) in [5, 5.41) is 1.35. The van der Waals surface area contributed by atoms with E-state index in [1.54, 1.807) is 0 Å². The topological polar surface area (TPSA) is 4.93 Å². The average Bonchev–Trinajstić information content (AvgIpc) is 3.03. The minimum atomic E-state index is 1.09. The van der Waals surface area contributed by atoms with Crippen LogP contribution >= 0.6 is 0 Å². The molecule has 0 fully saturated rings. The van der Waals surface area contributed by atoms with Crippen molar-refractivity contribution >= 4 is 17.0 Å². The molecule has 0 spiro atoms. The van der Waals surface area contributed by atoms with Crippen molar-refractivity contribution in [3.05, 3.63) is 95.7 Å². The van der Waals surface area contributed by atoms with Gasteiger partial charge in [-0.25, -0.2) is 0 Å². The van der Waals surface area contributed by atoms with Gasteiger partial charge < -0.3 is 4.57 Å². The predicted molar refractivity (Wildman–Crippen MR) is 111 cm³/mol. The van der Waals surface area contributed by atoms with Crippen LogP contribution in [-0.4, -0.2) is 4.57 Å². The summed E-state index contributed by atoms with van der Waals surface area (Å²) in [4.78, 5) is 0. The van der Waals surface area contributed by atoms with Gasteiger partial charge in [0.15, 0.2) is 0 Å². The van der Waals surface area contributed by atoms with Crippen LogP contribution < -0.4 is 0 Å². The fraction of sp³-hybridized carbons (Fsp3) is 0.120. The molecule has 26 heavy (non-hydrogen) atoms. The van der Waals surface area contributed by atoms with Gasteiger partial charge in [-0.3, -0.25) is 0 Å². The van der Waals surface area contributed by atoms with Gasteiger partial charge in [-0.15, -0.1) is 0 Å². The molecule has 1 aromatic heterocycles. The second-order valence-corrected chi connectivity index (χ2v) is 7.07. The Kier molecular flexibility index (Phi) is 3.53. The minimum absolute atomic E-state index is 1.09. The summed E-state index contributed by atoms with van der Waals surface area (Å²) in [5.74, 6) is 0. The molecule has 0 saturated heterocycles. The molecule has 1 heteroatoms. The molecular formula is C25H21N. The summed E-state index contributed by atoms with van der Waals surface area (Å²) in [6, 6.07) is 26.4. The number of fused-ring (bicyclic) bond motifs is 3. The lowest BCUT2D eigenvalue weighted by Crippen LogP contribution is -2.03. The van der Waals surface area contributed by atoms with E-state index in [1.807, 2.05) is 0 Å². The quantitative estimate of drug-likeness (QED) is 0.390. The highest BCUT2D eigenvalue weighted by atomic mass is 15.0. The lowest BCUT2D eigenvalue weighted by molar-refractivity contribution is 0.889. The summed E-state index contributed by atoms with van der Waals surface area (Å²) < 4.78 is 2.45. The first-order valence-electron chi connectivity index (χ1n) is 9.27. The van der Waals surface area contributed by atoms with E-state index in [0.717, 1.165) is 12.8 Å². The molecule has 1 nitrogen and oxygen atoms in total. The van der Waals surface area contributed by atoms with Gasteiger partial charge in [0.2, 0.25) is 0 Å². The molecule has 0 saturated carbocycles. The first-order valence-corrected chi connectivity index (χ1v) is 9.27. The van der Waals surface area contributed by atoms with Crippen molar-refractivity contribution < 1.29 is 0 Å². The van der Waals surface area contributed by atoms with Gasteiger partial charge in [-0.05, 0) is 49.1 Å². The summed E-state index contributed by atoms with van der Waals surface area (Å²) in [5.41, 5.74) is 9.19. The molecule has 0 amide bonds. The smallest absolute Gasteiger partial charge is 0.0537 e. The molecule has 1 aliphatic carbocycles. The second-order valence-electron chi connectivity index (χ2n) is 7.07. The van der Waals surface area contributed by atoms with Crippen molar-refractivity contribution in [3.8, 4) is 16.8 Å². The number of para-hydroxylation sites is 1. The molecule has 0 unspecified atom stereocenters. The van der Waals surface area contributed by atoms with Crippen molar-refractivity contribution in [1.29, 1.82) is 0 Å². The van der Waals surface area contributed by atoms with Crippen LogP contribution in [0.1, 0.15) is 23.2 Å². The van der Waals surface area contributed by atoms with Crippen LogP contribution in [0.15, 0.2) is 78.9 Å². The van der Waals surface area contributed by atoms with Crippen LogP contribution in [0, 0.1) is 6.92 Å². The van der Waals surface area contributed by atoms with Gasteiger partial charge in [0.05, 0.1) is 5.52 Å². The van der Waals surface area contributed by atoms with Crippen molar-refractivity contribution in [3.63, 3.8) is 0 Å². The maximum Gasteiger partial charge on any atom is 0.0537 e. The Balaban J connectivity index is 1.75. The van der Waals surface area contributed by atoms with Gasteiger partial charge in [-0.2, -0.15) is 0 Å². The van der Waals surface area contributed by atoms with Crippen LogP contribution in [0.2, 0.25) is 0 Å². The zero-order valence-corrected chi connectivity index (χ0v) is 14.9. The number of aryl methyl sites for hydroxylation is 1. The standard InChI is InChI=1S/C25H21N/c1-18-8-6-9-19(16-18)20-10-7-11-21(17-20)26-24-14-4-2-12-22(24)23-13-3-5-15-25(23)26/h2-4,6-14,16-17H,5,15H2,1H3. The van der Waals surface area contributed by atoms with Crippen molar-refractivity contribution in [2.45, 2.75) is 19.8 Å². The Bertz CT molecular complexity index is 1140. The molecule has 1 heterocycles. The normalized spacial score (nSPS) is 13.1. The maximum atomic E-state index is 2.45. The summed E-state index contributed by atoms with van der Waals surface area (Å²) in [6.45, 7) is 2.15. The Morgan fingerprint density at radius 1 is 0.808 bits per heavy atom. The molecule has 0 N–H and O–H groups in total. The number of nitrogens with zero attached hydrogens (tertiary/aromatic N) is 1. The van der Waals surface area contributed by atoms with Gasteiger partial charge in [0.1, 0.15) is 0 Å². The number of aromatic nitrogens is 1. The molecule has 0 atom stereocenters. The van der Waals surface area contributed by atoms with E-state index >= 15 is 0 Å². The van der Waals surface area contributed by atoms with E-state index in [0.29, 0.717) is 0 Å². The second kappa shape index (κ2) is 6.03. The molecule has 3 aromatic carbocycles. The molecule has 0 radical (unpaired) electrons. The summed E-state index contributed by atoms with van der Waals surface area (Å²) in [7, 11) is 0. The van der Waals surface area contributed by atoms with Crippen molar-refractivity contribution in [1.82, 2.24) is 4.57 Å². The first kappa shape index (κ1) is 15.2. The number of rotatable bonds is 2. The van der Waals surface area contributed by atoms with Crippen LogP contribution in [0.25, 0.3) is 33.8 Å². The average molecular weight is 335 g/mol. The molecule has 0 bridgehead atoms. The molecule has 1 aliphatic rings. The molecule has 126 valence electrons. The highest BCUT2D eigenvalue weighted by Crippen LogP contribution is 2.34. The fourth-order valence-corrected chi connectivity index (χ4v) is 4.12. The predicted octanol–water partition coefficient (Wildman–Crippen LogP) is 6.57. The zero-order chi connectivity index (χ0) is 17.5. The highest BCUT2D eigenvalue weighted by Gasteiger charge is 2.18. The van der Waals surface area contributed by atoms with E-state index < -0.39 is 0 Å². The lowest BCUT2D eigenvalue weighted by atomic mass is 10.0. The molecule has 0 aliphatic heterocycles. The zero-order valence-electron chi connectivity index (χ0n) is 14.9. The molecule has 5 rings (SSSR count). The Morgan fingerprint density at radius 2 is 1.62 bits per heavy atom. The van der Waals surface area contributed by atoms with Crippen LogP contribution in [0.4, 0.5) is 0 Å². The first-order chi connectivity index (χ1) is 12.8. The Morgan fingerprint density at radius 3 is 2.50 bits per heavy atom. The van der Waals surface area contributed by atoms with Gasteiger partial charge in [0, 0.05) is 22.3 Å². The van der Waals surface area contributed by atoms with Crippen LogP contribution in [-0.2, 0) is 6.42 Å². The summed E-state index contributed by atoms with van der Waals surface area (Å²) >= 11 is 0. The monoisotopic (exact) mass is 335 g/mol. The number of hydrogen-bond acceptors (Lipinski definition) is 0. The van der Waals surface area contributed by atoms with Crippen molar-refractivity contribution in [2.24, 2.45) is 0 Å². The van der Waals surface area contributed by atoms with E-state index in [1.165, 1.54) is 44.5 Å². The van der Waals surface area contributed by atoms with E-state index in [9.17, 15) is 0 Å². The number of hydrogen-bond donors (Lipinski definition) is 0. The number of benzene rings is 3. The fourth-order valence-electron chi connectivity index (χ4n) is 4.12. The highest BCUT2D eigenvalue weighted by molar-refractivity contribution is 5.93. The van der Waals surface area contributed by atoms with Crippen molar-refractivity contribution in [2.75, 3.05) is 0 Å². The van der Waals surface area contributed by atoms with Gasteiger partial charge in [-0.1, -0.05) is 72.3 Å². The molecule has 4 aromatic rings. The number of allylic oxidation sites excluding steroid dienone is 1. The van der Waals surface area contributed by atoms with E-state index in [4.69, 9.17) is 0 Å². The maximum absolute atomic E-state index is 2.45. The van der Waals surface area contributed by atoms with E-state index in [2.05, 4.69) is 96.4 Å². The third kappa shape index (κ3) is 2.40. The molecular weight excluding hydrogens is 314 g/mol. The van der Waals surface area contributed by atoms with Gasteiger partial charge in [0.25, 0.3) is 0 Å². The van der Waals surface area contributed by atoms with Gasteiger partial charge >= 0.3 is 0 Å². The largest absolute Gasteiger partial charge is 0.313 e. The van der Waals surface area contributed by atoms with Crippen LogP contribution in [0.5, 0.6) is 0 Å². The Labute approximate surface area is 154 Å².